The smallest absolute Gasteiger partial charge is 0.305 e. The van der Waals surface area contributed by atoms with E-state index in [0.717, 1.165) is 39.5 Å². The molecule has 6 heteroatoms. The van der Waals surface area contributed by atoms with Gasteiger partial charge in [0.1, 0.15) is 0 Å². The number of pyridine rings is 1. The minimum Gasteiger partial charge on any atom is -0.481 e. The second-order valence-electron chi connectivity index (χ2n) is 6.41. The van der Waals surface area contributed by atoms with Gasteiger partial charge >= 0.3 is 5.97 Å². The van der Waals surface area contributed by atoms with Gasteiger partial charge in [0.15, 0.2) is 0 Å². The summed E-state index contributed by atoms with van der Waals surface area (Å²) in [6.07, 6.45) is 2.10. The van der Waals surface area contributed by atoms with Crippen molar-refractivity contribution in [3.8, 4) is 0 Å². The maximum atomic E-state index is 12.8. The molecule has 1 heterocycles. The van der Waals surface area contributed by atoms with E-state index in [1.54, 1.807) is 6.92 Å². The van der Waals surface area contributed by atoms with E-state index in [2.05, 4.69) is 21.2 Å². The topological polar surface area (TPSA) is 79.3 Å². The van der Waals surface area contributed by atoms with Gasteiger partial charge in [-0.05, 0) is 50.5 Å². The van der Waals surface area contributed by atoms with E-state index in [9.17, 15) is 9.59 Å². The van der Waals surface area contributed by atoms with Gasteiger partial charge in [0.2, 0.25) is 0 Å². The second kappa shape index (κ2) is 6.51. The van der Waals surface area contributed by atoms with E-state index in [4.69, 9.17) is 10.1 Å². The van der Waals surface area contributed by atoms with E-state index < -0.39 is 12.0 Å². The highest BCUT2D eigenvalue weighted by Crippen LogP contribution is 2.42. The van der Waals surface area contributed by atoms with Crippen LogP contribution in [-0.4, -0.2) is 28.0 Å². The summed E-state index contributed by atoms with van der Waals surface area (Å²) in [4.78, 5) is 28.4. The van der Waals surface area contributed by atoms with Crippen LogP contribution in [0.15, 0.2) is 22.7 Å². The number of nitrogens with one attached hydrogen (secondary N) is 1. The van der Waals surface area contributed by atoms with Crippen molar-refractivity contribution in [2.75, 3.05) is 0 Å². The fourth-order valence-corrected chi connectivity index (χ4v) is 3.37. The molecule has 1 unspecified atom stereocenters. The summed E-state index contributed by atoms with van der Waals surface area (Å²) in [6, 6.07) is 5.27. The van der Waals surface area contributed by atoms with Crippen molar-refractivity contribution >= 4 is 38.7 Å². The summed E-state index contributed by atoms with van der Waals surface area (Å²) >= 11 is 3.45. The zero-order valence-electron chi connectivity index (χ0n) is 13.6. The fourth-order valence-electron chi connectivity index (χ4n) is 3.01. The third kappa shape index (κ3) is 3.43. The van der Waals surface area contributed by atoms with Gasteiger partial charge in [0.05, 0.1) is 17.5 Å². The SMILES string of the molecule is Cc1c(C2CC2)nc2ccc(Br)cc2c1C(=O)NC(C)CC(=O)O. The number of carboxylic acids is 1. The van der Waals surface area contributed by atoms with Crippen LogP contribution in [0.5, 0.6) is 0 Å². The molecule has 126 valence electrons. The molecule has 0 saturated heterocycles. The molecule has 2 N–H and O–H groups in total. The lowest BCUT2D eigenvalue weighted by molar-refractivity contribution is -0.137. The lowest BCUT2D eigenvalue weighted by Crippen LogP contribution is -2.35. The first kappa shape index (κ1) is 16.9. The summed E-state index contributed by atoms with van der Waals surface area (Å²) in [7, 11) is 0. The molecule has 0 radical (unpaired) electrons. The van der Waals surface area contributed by atoms with Gasteiger partial charge in [-0.2, -0.15) is 0 Å². The number of carbonyl (C=O) groups excluding carboxylic acids is 1. The van der Waals surface area contributed by atoms with Gasteiger partial charge in [-0.1, -0.05) is 15.9 Å². The van der Waals surface area contributed by atoms with Crippen molar-refractivity contribution in [2.45, 2.75) is 45.1 Å². The fraction of sp³-hybridized carbons (Fsp3) is 0.389. The number of benzene rings is 1. The molecule has 3 rings (SSSR count). The molecule has 1 saturated carbocycles. The van der Waals surface area contributed by atoms with Crippen LogP contribution in [0.25, 0.3) is 10.9 Å². The van der Waals surface area contributed by atoms with Crippen LogP contribution in [0.3, 0.4) is 0 Å². The maximum absolute atomic E-state index is 12.8. The lowest BCUT2D eigenvalue weighted by Gasteiger charge is -2.17. The monoisotopic (exact) mass is 390 g/mol. The molecule has 1 amide bonds. The first-order chi connectivity index (χ1) is 11.4. The Balaban J connectivity index is 2.06. The van der Waals surface area contributed by atoms with E-state index in [-0.39, 0.29) is 12.3 Å². The van der Waals surface area contributed by atoms with Crippen molar-refractivity contribution in [3.63, 3.8) is 0 Å². The van der Waals surface area contributed by atoms with Gasteiger partial charge in [0, 0.05) is 27.5 Å². The van der Waals surface area contributed by atoms with Crippen molar-refractivity contribution in [3.05, 3.63) is 39.5 Å². The number of hydrogen-bond donors (Lipinski definition) is 2. The number of nitrogens with zero attached hydrogens (tertiary/aromatic N) is 1. The van der Waals surface area contributed by atoms with Crippen LogP contribution >= 0.6 is 15.9 Å². The van der Waals surface area contributed by atoms with Crippen LogP contribution in [0.1, 0.15) is 53.7 Å². The third-order valence-corrected chi connectivity index (χ3v) is 4.77. The molecular formula is C18H19BrN2O3. The highest BCUT2D eigenvalue weighted by atomic mass is 79.9. The van der Waals surface area contributed by atoms with Crippen LogP contribution in [0.2, 0.25) is 0 Å². The molecule has 1 aromatic heterocycles. The lowest BCUT2D eigenvalue weighted by atomic mass is 9.98. The normalized spacial score (nSPS) is 15.3. The average molecular weight is 391 g/mol. The largest absolute Gasteiger partial charge is 0.481 e. The van der Waals surface area contributed by atoms with Crippen molar-refractivity contribution in [2.24, 2.45) is 0 Å². The van der Waals surface area contributed by atoms with Gasteiger partial charge < -0.3 is 10.4 Å². The number of amides is 1. The summed E-state index contributed by atoms with van der Waals surface area (Å²) < 4.78 is 0.878. The maximum Gasteiger partial charge on any atom is 0.305 e. The number of halogens is 1. The number of rotatable bonds is 5. The predicted octanol–water partition coefficient (Wildman–Crippen LogP) is 3.78. The number of hydrogen-bond acceptors (Lipinski definition) is 3. The minimum atomic E-state index is -0.930. The first-order valence-corrected chi connectivity index (χ1v) is 8.78. The zero-order valence-corrected chi connectivity index (χ0v) is 15.2. The van der Waals surface area contributed by atoms with E-state index in [1.165, 1.54) is 0 Å². The number of aliphatic carboxylic acids is 1. The van der Waals surface area contributed by atoms with Crippen LogP contribution in [0.4, 0.5) is 0 Å². The average Bonchev–Trinajstić information content (AvgIpc) is 3.29. The number of aromatic nitrogens is 1. The Kier molecular flexibility index (Phi) is 4.58. The molecular weight excluding hydrogens is 372 g/mol. The molecule has 2 aromatic rings. The molecule has 1 aliphatic rings. The van der Waals surface area contributed by atoms with Crippen molar-refractivity contribution in [1.29, 1.82) is 0 Å². The zero-order chi connectivity index (χ0) is 17.4. The molecule has 1 atom stereocenters. The summed E-state index contributed by atoms with van der Waals surface area (Å²) in [5.74, 6) is -0.741. The van der Waals surface area contributed by atoms with E-state index >= 15 is 0 Å². The molecule has 0 bridgehead atoms. The highest BCUT2D eigenvalue weighted by Gasteiger charge is 2.30. The molecule has 5 nitrogen and oxygen atoms in total. The number of carbonyl (C=O) groups is 2. The van der Waals surface area contributed by atoms with Gasteiger partial charge in [-0.3, -0.25) is 14.6 Å². The predicted molar refractivity (Wildman–Crippen MR) is 95.3 cm³/mol. The summed E-state index contributed by atoms with van der Waals surface area (Å²) in [5, 5.41) is 12.5. The van der Waals surface area contributed by atoms with Gasteiger partial charge in [0.25, 0.3) is 5.91 Å². The Morgan fingerprint density at radius 3 is 2.75 bits per heavy atom. The second-order valence-corrected chi connectivity index (χ2v) is 7.32. The Morgan fingerprint density at radius 2 is 2.12 bits per heavy atom. The molecule has 0 aliphatic heterocycles. The van der Waals surface area contributed by atoms with E-state index in [1.807, 2.05) is 25.1 Å². The molecule has 1 fully saturated rings. The molecule has 1 aliphatic carbocycles. The first-order valence-electron chi connectivity index (χ1n) is 7.99. The Labute approximate surface area is 148 Å². The Bertz CT molecular complexity index is 831. The third-order valence-electron chi connectivity index (χ3n) is 4.28. The van der Waals surface area contributed by atoms with Crippen molar-refractivity contribution in [1.82, 2.24) is 10.3 Å². The van der Waals surface area contributed by atoms with Crippen molar-refractivity contribution < 1.29 is 14.7 Å². The van der Waals surface area contributed by atoms with E-state index in [0.29, 0.717) is 11.5 Å². The quantitative estimate of drug-likeness (QED) is 0.813. The highest BCUT2D eigenvalue weighted by molar-refractivity contribution is 9.10. The van der Waals surface area contributed by atoms with Crippen LogP contribution in [-0.2, 0) is 4.79 Å². The molecule has 1 aromatic carbocycles. The standard InChI is InChI=1S/C18H19BrN2O3/c1-9(7-15(22)23)20-18(24)16-10(2)17(11-3-4-11)21-14-6-5-12(19)8-13(14)16/h5-6,8-9,11H,3-4,7H2,1-2H3,(H,20,24)(H,22,23). The van der Waals surface area contributed by atoms with Crippen LogP contribution in [0, 0.1) is 6.92 Å². The molecule has 24 heavy (non-hydrogen) atoms. The Morgan fingerprint density at radius 1 is 1.42 bits per heavy atom. The van der Waals surface area contributed by atoms with Gasteiger partial charge in [-0.15, -0.1) is 0 Å². The summed E-state index contributed by atoms with van der Waals surface area (Å²) in [5.41, 5.74) is 3.27. The molecule has 0 spiro atoms. The number of carboxylic acid groups (broad SMARTS) is 1. The number of fused-ring (bicyclic) bond motifs is 1. The van der Waals surface area contributed by atoms with Gasteiger partial charge in [-0.25, -0.2) is 0 Å². The minimum absolute atomic E-state index is 0.104. The summed E-state index contributed by atoms with van der Waals surface area (Å²) in [6.45, 7) is 3.63. The van der Waals surface area contributed by atoms with Crippen LogP contribution < -0.4 is 5.32 Å². The Hall–Kier alpha value is -1.95.